The molecule has 0 amide bonds. The van der Waals surface area contributed by atoms with Crippen molar-refractivity contribution >= 4 is 5.69 Å². The second-order valence-corrected chi connectivity index (χ2v) is 5.91. The molecule has 1 aliphatic heterocycles. The van der Waals surface area contributed by atoms with Gasteiger partial charge in [-0.25, -0.2) is 0 Å². The van der Waals surface area contributed by atoms with Crippen LogP contribution in [0.5, 0.6) is 0 Å². The van der Waals surface area contributed by atoms with Crippen molar-refractivity contribution in [2.75, 3.05) is 4.90 Å². The number of rotatable bonds is 2. The van der Waals surface area contributed by atoms with Crippen molar-refractivity contribution in [2.45, 2.75) is 52.6 Å². The maximum atomic E-state index is 8.47. The molecule has 0 radical (unpaired) electrons. The van der Waals surface area contributed by atoms with Crippen LogP contribution in [0, 0.1) is 12.8 Å². The first-order valence-corrected chi connectivity index (χ1v) is 7.41. The third-order valence-corrected chi connectivity index (χ3v) is 4.67. The van der Waals surface area contributed by atoms with E-state index in [0.717, 1.165) is 5.70 Å². The fourth-order valence-corrected chi connectivity index (χ4v) is 3.45. The van der Waals surface area contributed by atoms with Gasteiger partial charge in [0.15, 0.2) is 1.41 Å². The van der Waals surface area contributed by atoms with Crippen molar-refractivity contribution in [3.63, 3.8) is 0 Å². The molecule has 1 fully saturated rings. The van der Waals surface area contributed by atoms with Crippen LogP contribution in [0.3, 0.4) is 0 Å². The highest BCUT2D eigenvalue weighted by atomic mass is 15.3. The Hall–Kier alpha value is -1.44. The Morgan fingerprint density at radius 2 is 1.84 bits per heavy atom. The van der Waals surface area contributed by atoms with E-state index < -0.39 is 0 Å². The van der Waals surface area contributed by atoms with Crippen LogP contribution in [0.4, 0.5) is 5.69 Å². The van der Waals surface area contributed by atoms with Gasteiger partial charge in [0.25, 0.3) is 0 Å². The Kier molecular flexibility index (Phi) is 2.95. The molecule has 1 aliphatic carbocycles. The van der Waals surface area contributed by atoms with Gasteiger partial charge in [-0.3, -0.25) is 0 Å². The first kappa shape index (κ1) is 11.4. The lowest BCUT2D eigenvalue weighted by molar-refractivity contribution is 0.400. The van der Waals surface area contributed by atoms with Gasteiger partial charge in [-0.05, 0) is 51.2 Å². The Balaban J connectivity index is 2.02. The lowest BCUT2D eigenvalue weighted by Crippen LogP contribution is -2.42. The molecule has 1 saturated carbocycles. The van der Waals surface area contributed by atoms with E-state index in [9.17, 15) is 0 Å². The largest absolute Gasteiger partial charge is 0.367 e. The van der Waals surface area contributed by atoms with Gasteiger partial charge in [0.1, 0.15) is 6.17 Å². The van der Waals surface area contributed by atoms with Crippen LogP contribution in [0.25, 0.3) is 0 Å². The summed E-state index contributed by atoms with van der Waals surface area (Å²) in [6, 6.07) is 8.54. The first-order chi connectivity index (χ1) is 9.61. The first-order valence-electron chi connectivity index (χ1n) is 7.86. The molecule has 19 heavy (non-hydrogen) atoms. The highest BCUT2D eigenvalue weighted by Gasteiger charge is 2.35. The summed E-state index contributed by atoms with van der Waals surface area (Å²) in [5.74, 6) is 0.611. The minimum absolute atomic E-state index is 0.179. The van der Waals surface area contributed by atoms with E-state index in [4.69, 9.17) is 1.41 Å². The molecule has 0 aromatic heterocycles. The maximum Gasteiger partial charge on any atom is 0.162 e. The molecule has 1 atom stereocenters. The van der Waals surface area contributed by atoms with Gasteiger partial charge in [0.05, 0.1) is 0 Å². The summed E-state index contributed by atoms with van der Waals surface area (Å²) in [4.78, 5) is 2.40. The summed E-state index contributed by atoms with van der Waals surface area (Å²) in [7, 11) is 0. The second kappa shape index (κ2) is 4.92. The standard InChI is InChI=1S/C17H24N2/c1-12-8-4-7-11-16(12)19-14(3)13(2)18-17(19)15-9-5-6-10-15/h4,7-8,11,15,17-18H,5-6,9-10H2,1-3H3/i/hD. The molecule has 1 heterocycles. The SMILES string of the molecule is [2H]N1C(C)=C(C)N(c2ccccc2C)C1C1CCCC1. The summed E-state index contributed by atoms with van der Waals surface area (Å²) in [5, 5.41) is 1.75. The zero-order valence-corrected chi connectivity index (χ0v) is 12.2. The van der Waals surface area contributed by atoms with E-state index in [1.165, 1.54) is 42.6 Å². The molecule has 0 saturated heterocycles. The van der Waals surface area contributed by atoms with Gasteiger partial charge in [0.2, 0.25) is 0 Å². The summed E-state index contributed by atoms with van der Waals surface area (Å²) in [6.45, 7) is 6.39. The van der Waals surface area contributed by atoms with Gasteiger partial charge in [0, 0.05) is 17.1 Å². The predicted octanol–water partition coefficient (Wildman–Crippen LogP) is 4.17. The molecule has 2 aliphatic rings. The Bertz CT molecular complexity index is 532. The zero-order chi connectivity index (χ0) is 14.3. The average Bonchev–Trinajstić information content (AvgIpc) is 3.03. The Morgan fingerprint density at radius 3 is 2.53 bits per heavy atom. The fraction of sp³-hybridized carbons (Fsp3) is 0.529. The van der Waals surface area contributed by atoms with Crippen molar-refractivity contribution in [1.29, 1.82) is 0 Å². The number of allylic oxidation sites excluding steroid dienone is 2. The van der Waals surface area contributed by atoms with Crippen molar-refractivity contribution in [3.05, 3.63) is 41.2 Å². The van der Waals surface area contributed by atoms with Crippen LogP contribution >= 0.6 is 0 Å². The highest BCUT2D eigenvalue weighted by Crippen LogP contribution is 2.38. The third kappa shape index (κ3) is 2.13. The predicted molar refractivity (Wildman–Crippen MR) is 80.9 cm³/mol. The summed E-state index contributed by atoms with van der Waals surface area (Å²) >= 11 is 0. The molecule has 1 unspecified atom stereocenters. The molecule has 2 nitrogen and oxygen atoms in total. The van der Waals surface area contributed by atoms with E-state index >= 15 is 0 Å². The van der Waals surface area contributed by atoms with E-state index in [1.807, 2.05) is 0 Å². The van der Waals surface area contributed by atoms with Crippen LogP contribution in [0.1, 0.15) is 45.1 Å². The van der Waals surface area contributed by atoms with Crippen LogP contribution in [0.2, 0.25) is 1.41 Å². The molecule has 1 N–H and O–H groups in total. The molecule has 1 aromatic carbocycles. The number of para-hydroxylation sites is 1. The van der Waals surface area contributed by atoms with Crippen LogP contribution in [-0.4, -0.2) is 6.17 Å². The number of nitrogens with one attached hydrogen (secondary N) is 1. The van der Waals surface area contributed by atoms with Crippen molar-refractivity contribution in [2.24, 2.45) is 5.92 Å². The Morgan fingerprint density at radius 1 is 1.16 bits per heavy atom. The minimum atomic E-state index is 0.179. The van der Waals surface area contributed by atoms with Crippen LogP contribution in [-0.2, 0) is 0 Å². The van der Waals surface area contributed by atoms with E-state index in [0.29, 0.717) is 5.92 Å². The highest BCUT2D eigenvalue weighted by molar-refractivity contribution is 5.60. The zero-order valence-electron chi connectivity index (χ0n) is 13.2. The smallest absolute Gasteiger partial charge is 0.162 e. The fourth-order valence-electron chi connectivity index (χ4n) is 3.45. The maximum absolute atomic E-state index is 8.47. The van der Waals surface area contributed by atoms with Crippen molar-refractivity contribution in [1.82, 2.24) is 5.31 Å². The monoisotopic (exact) mass is 257 g/mol. The van der Waals surface area contributed by atoms with Gasteiger partial charge < -0.3 is 10.2 Å². The molecule has 0 bridgehead atoms. The molecule has 0 spiro atoms. The second-order valence-electron chi connectivity index (χ2n) is 5.91. The molecule has 3 rings (SSSR count). The summed E-state index contributed by atoms with van der Waals surface area (Å²) in [6.07, 6.45) is 5.31. The minimum Gasteiger partial charge on any atom is -0.367 e. The third-order valence-electron chi connectivity index (χ3n) is 4.67. The van der Waals surface area contributed by atoms with Crippen molar-refractivity contribution in [3.8, 4) is 0 Å². The molecular weight excluding hydrogens is 232 g/mol. The number of anilines is 1. The topological polar surface area (TPSA) is 15.3 Å². The number of hydrogen-bond acceptors (Lipinski definition) is 2. The van der Waals surface area contributed by atoms with Crippen LogP contribution < -0.4 is 10.2 Å². The Labute approximate surface area is 118 Å². The van der Waals surface area contributed by atoms with Gasteiger partial charge >= 0.3 is 0 Å². The van der Waals surface area contributed by atoms with Gasteiger partial charge in [-0.1, -0.05) is 31.0 Å². The van der Waals surface area contributed by atoms with Gasteiger partial charge in [-0.15, -0.1) is 0 Å². The number of aryl methyl sites for hydroxylation is 1. The van der Waals surface area contributed by atoms with Crippen molar-refractivity contribution < 1.29 is 1.41 Å². The average molecular weight is 257 g/mol. The van der Waals surface area contributed by atoms with E-state index in [-0.39, 0.29) is 6.17 Å². The molecule has 102 valence electrons. The summed E-state index contributed by atoms with van der Waals surface area (Å²) in [5.41, 5.74) is 4.87. The summed E-state index contributed by atoms with van der Waals surface area (Å²) < 4.78 is 8.47. The van der Waals surface area contributed by atoms with Crippen LogP contribution in [0.15, 0.2) is 35.7 Å². The molecule has 2 heteroatoms. The van der Waals surface area contributed by atoms with E-state index in [2.05, 4.69) is 49.9 Å². The molecule has 1 aromatic rings. The number of benzene rings is 1. The number of hydrogen-bond donors (Lipinski definition) is 1. The quantitative estimate of drug-likeness (QED) is 0.855. The number of nitrogens with zero attached hydrogens (tertiary/aromatic N) is 1. The molecular formula is C17H24N2. The van der Waals surface area contributed by atoms with Gasteiger partial charge in [-0.2, -0.15) is 0 Å². The lowest BCUT2D eigenvalue weighted by Gasteiger charge is -2.33. The lowest BCUT2D eigenvalue weighted by atomic mass is 10.0. The normalized spacial score (nSPS) is 25.4. The van der Waals surface area contributed by atoms with E-state index in [1.54, 1.807) is 5.31 Å².